The number of carbonyl (C=O) groups is 1. The highest BCUT2D eigenvalue weighted by atomic mass is 32.2. The van der Waals surface area contributed by atoms with Gasteiger partial charge in [0.15, 0.2) is 0 Å². The summed E-state index contributed by atoms with van der Waals surface area (Å²) in [6.07, 6.45) is 2.08. The molecule has 154 valence electrons. The van der Waals surface area contributed by atoms with E-state index >= 15 is 0 Å². The Hall–Kier alpha value is -2.78. The minimum Gasteiger partial charge on any atom is -0.469 e. The summed E-state index contributed by atoms with van der Waals surface area (Å²) >= 11 is 0. The average molecular weight is 418 g/mol. The SMILES string of the molecule is COC(=O)C1CCC(NS(=O)(=O)c2ccc(-c3ccccc3)c([N+](=O)[O-])c2)CC1. The van der Waals surface area contributed by atoms with Crippen molar-refractivity contribution < 1.29 is 22.9 Å². The molecule has 8 nitrogen and oxygen atoms in total. The van der Waals surface area contributed by atoms with Gasteiger partial charge in [0.2, 0.25) is 10.0 Å². The van der Waals surface area contributed by atoms with Gasteiger partial charge in [-0.05, 0) is 43.4 Å². The normalized spacial score (nSPS) is 19.5. The Morgan fingerprint density at radius 2 is 1.76 bits per heavy atom. The summed E-state index contributed by atoms with van der Waals surface area (Å²) < 4.78 is 32.9. The van der Waals surface area contributed by atoms with E-state index in [0.717, 1.165) is 6.07 Å². The highest BCUT2D eigenvalue weighted by Crippen LogP contribution is 2.32. The summed E-state index contributed by atoms with van der Waals surface area (Å²) in [6, 6.07) is 12.4. The number of nitro groups is 1. The van der Waals surface area contributed by atoms with Crippen LogP contribution in [0.1, 0.15) is 25.7 Å². The van der Waals surface area contributed by atoms with E-state index in [-0.39, 0.29) is 28.5 Å². The first-order chi connectivity index (χ1) is 13.8. The highest BCUT2D eigenvalue weighted by molar-refractivity contribution is 7.89. The number of nitrogens with one attached hydrogen (secondary N) is 1. The van der Waals surface area contributed by atoms with Crippen LogP contribution in [0.2, 0.25) is 0 Å². The predicted molar refractivity (Wildman–Crippen MR) is 107 cm³/mol. The fraction of sp³-hybridized carbons (Fsp3) is 0.350. The maximum absolute atomic E-state index is 12.8. The molecular formula is C20H22N2O6S. The van der Waals surface area contributed by atoms with Crippen molar-refractivity contribution >= 4 is 21.7 Å². The molecule has 0 aliphatic heterocycles. The van der Waals surface area contributed by atoms with Gasteiger partial charge in [-0.15, -0.1) is 0 Å². The van der Waals surface area contributed by atoms with Crippen molar-refractivity contribution in [1.29, 1.82) is 0 Å². The monoisotopic (exact) mass is 418 g/mol. The van der Waals surface area contributed by atoms with Crippen molar-refractivity contribution in [2.75, 3.05) is 7.11 Å². The molecule has 1 saturated carbocycles. The number of hydrogen-bond acceptors (Lipinski definition) is 6. The topological polar surface area (TPSA) is 116 Å². The predicted octanol–water partition coefficient (Wildman–Crippen LogP) is 3.27. The Morgan fingerprint density at radius 3 is 2.34 bits per heavy atom. The second kappa shape index (κ2) is 8.71. The Morgan fingerprint density at radius 1 is 1.10 bits per heavy atom. The van der Waals surface area contributed by atoms with Crippen molar-refractivity contribution in [3.63, 3.8) is 0 Å². The molecule has 0 heterocycles. The molecule has 0 unspecified atom stereocenters. The van der Waals surface area contributed by atoms with E-state index in [1.807, 2.05) is 0 Å². The molecule has 29 heavy (non-hydrogen) atoms. The molecule has 1 aliphatic carbocycles. The molecule has 3 rings (SSSR count). The fourth-order valence-corrected chi connectivity index (χ4v) is 4.92. The van der Waals surface area contributed by atoms with Crippen LogP contribution in [-0.2, 0) is 19.6 Å². The van der Waals surface area contributed by atoms with Crippen molar-refractivity contribution in [2.24, 2.45) is 5.92 Å². The van der Waals surface area contributed by atoms with Crippen molar-refractivity contribution in [2.45, 2.75) is 36.6 Å². The van der Waals surface area contributed by atoms with Crippen LogP contribution < -0.4 is 4.72 Å². The average Bonchev–Trinajstić information content (AvgIpc) is 2.73. The number of methoxy groups -OCH3 is 1. The summed E-state index contributed by atoms with van der Waals surface area (Å²) in [6.45, 7) is 0. The summed E-state index contributed by atoms with van der Waals surface area (Å²) in [5.41, 5.74) is 0.721. The lowest BCUT2D eigenvalue weighted by molar-refractivity contribution is -0.384. The summed E-state index contributed by atoms with van der Waals surface area (Å²) in [4.78, 5) is 22.4. The molecule has 0 spiro atoms. The van der Waals surface area contributed by atoms with Gasteiger partial charge in [0.05, 0.1) is 28.4 Å². The van der Waals surface area contributed by atoms with Crippen LogP contribution in [0.3, 0.4) is 0 Å². The largest absolute Gasteiger partial charge is 0.469 e. The Kier molecular flexibility index (Phi) is 6.29. The van der Waals surface area contributed by atoms with Crippen molar-refractivity contribution in [3.8, 4) is 11.1 Å². The maximum Gasteiger partial charge on any atom is 0.308 e. The number of ether oxygens (including phenoxy) is 1. The second-order valence-electron chi connectivity index (χ2n) is 7.00. The number of hydrogen-bond donors (Lipinski definition) is 1. The van der Waals surface area contributed by atoms with Gasteiger partial charge in [-0.2, -0.15) is 0 Å². The third kappa shape index (κ3) is 4.80. The van der Waals surface area contributed by atoms with E-state index in [4.69, 9.17) is 4.74 Å². The molecule has 0 saturated heterocycles. The maximum atomic E-state index is 12.8. The third-order valence-corrected chi connectivity index (χ3v) is 6.66. The molecule has 0 atom stereocenters. The van der Waals surface area contributed by atoms with E-state index in [1.54, 1.807) is 30.3 Å². The van der Waals surface area contributed by atoms with Gasteiger partial charge in [-0.25, -0.2) is 13.1 Å². The van der Waals surface area contributed by atoms with E-state index in [1.165, 1.54) is 19.2 Å². The van der Waals surface area contributed by atoms with Crippen LogP contribution in [0.4, 0.5) is 5.69 Å². The molecule has 2 aromatic rings. The van der Waals surface area contributed by atoms with E-state index < -0.39 is 14.9 Å². The zero-order chi connectivity index (χ0) is 21.0. The first-order valence-corrected chi connectivity index (χ1v) is 10.7. The summed E-state index contributed by atoms with van der Waals surface area (Å²) in [5, 5.41) is 11.5. The number of sulfonamides is 1. The smallest absolute Gasteiger partial charge is 0.308 e. The number of nitro benzene ring substituents is 1. The van der Waals surface area contributed by atoms with Crippen LogP contribution in [0.15, 0.2) is 53.4 Å². The molecule has 0 bridgehead atoms. The number of carbonyl (C=O) groups excluding carboxylic acids is 1. The molecule has 1 fully saturated rings. The molecular weight excluding hydrogens is 396 g/mol. The van der Waals surface area contributed by atoms with Gasteiger partial charge in [0.1, 0.15) is 0 Å². The molecule has 9 heteroatoms. The molecule has 1 aliphatic rings. The molecule has 0 radical (unpaired) electrons. The highest BCUT2D eigenvalue weighted by Gasteiger charge is 2.30. The van der Waals surface area contributed by atoms with Gasteiger partial charge < -0.3 is 4.74 Å². The molecule has 2 aromatic carbocycles. The van der Waals surface area contributed by atoms with E-state index in [9.17, 15) is 23.3 Å². The van der Waals surface area contributed by atoms with Gasteiger partial charge in [-0.3, -0.25) is 14.9 Å². The van der Waals surface area contributed by atoms with Crippen molar-refractivity contribution in [1.82, 2.24) is 4.72 Å². The van der Waals surface area contributed by atoms with E-state index in [0.29, 0.717) is 36.8 Å². The lowest BCUT2D eigenvalue weighted by Gasteiger charge is -2.27. The fourth-order valence-electron chi connectivity index (χ4n) is 3.59. The summed E-state index contributed by atoms with van der Waals surface area (Å²) in [5.74, 6) is -0.495. The third-order valence-electron chi connectivity index (χ3n) is 5.14. The van der Waals surface area contributed by atoms with Crippen LogP contribution in [-0.4, -0.2) is 32.5 Å². The van der Waals surface area contributed by atoms with Crippen molar-refractivity contribution in [3.05, 3.63) is 58.6 Å². The molecule has 0 aromatic heterocycles. The second-order valence-corrected chi connectivity index (χ2v) is 8.71. The minimum atomic E-state index is -3.93. The number of nitrogens with zero attached hydrogens (tertiary/aromatic N) is 1. The van der Waals surface area contributed by atoms with Gasteiger partial charge in [-0.1, -0.05) is 30.3 Å². The van der Waals surface area contributed by atoms with E-state index in [2.05, 4.69) is 4.72 Å². The molecule has 0 amide bonds. The summed E-state index contributed by atoms with van der Waals surface area (Å²) in [7, 11) is -2.59. The Labute approximate surface area is 169 Å². The number of rotatable bonds is 6. The number of benzene rings is 2. The standard InChI is InChI=1S/C20H22N2O6S/c1-28-20(23)15-7-9-16(10-8-15)21-29(26,27)17-11-12-18(19(13-17)22(24)25)14-5-3-2-4-6-14/h2-6,11-13,15-16,21H,7-10H2,1H3. The lowest BCUT2D eigenvalue weighted by Crippen LogP contribution is -2.38. The number of esters is 1. The van der Waals surface area contributed by atoms with Crippen LogP contribution in [0.5, 0.6) is 0 Å². The van der Waals surface area contributed by atoms with Gasteiger partial charge >= 0.3 is 5.97 Å². The zero-order valence-corrected chi connectivity index (χ0v) is 16.7. The van der Waals surface area contributed by atoms with Gasteiger partial charge in [0, 0.05) is 12.1 Å². The first kappa shape index (κ1) is 20.9. The first-order valence-electron chi connectivity index (χ1n) is 9.26. The van der Waals surface area contributed by atoms with Gasteiger partial charge in [0.25, 0.3) is 5.69 Å². The lowest BCUT2D eigenvalue weighted by atomic mass is 9.86. The molecule has 1 N–H and O–H groups in total. The Bertz CT molecular complexity index is 999. The Balaban J connectivity index is 1.80. The minimum absolute atomic E-state index is 0.154. The quantitative estimate of drug-likeness (QED) is 0.437. The van der Waals surface area contributed by atoms with Crippen LogP contribution >= 0.6 is 0 Å². The zero-order valence-electron chi connectivity index (χ0n) is 15.9. The van der Waals surface area contributed by atoms with Crippen LogP contribution in [0, 0.1) is 16.0 Å². The van der Waals surface area contributed by atoms with Crippen LogP contribution in [0.25, 0.3) is 11.1 Å².